The number of benzene rings is 9. The van der Waals surface area contributed by atoms with Crippen LogP contribution in [0.25, 0.3) is 43.1 Å². The van der Waals surface area contributed by atoms with Gasteiger partial charge < -0.3 is 43.5 Å². The first-order valence-corrected chi connectivity index (χ1v) is 40.5. The Kier molecular flexibility index (Phi) is 21.9. The Labute approximate surface area is 646 Å². The molecule has 0 radical (unpaired) electrons. The van der Waals surface area contributed by atoms with Gasteiger partial charge in [0, 0.05) is 95.3 Å². The van der Waals surface area contributed by atoms with Crippen molar-refractivity contribution in [3.05, 3.63) is 166 Å². The minimum absolute atomic E-state index is 0.0515. The Hall–Kier alpha value is -9.46. The molecule has 4 unspecified atom stereocenters. The third-order valence-corrected chi connectivity index (χ3v) is 23.4. The van der Waals surface area contributed by atoms with Gasteiger partial charge >= 0.3 is 0 Å². The average Bonchev–Trinajstić information content (AvgIpc) is 0.748. The summed E-state index contributed by atoms with van der Waals surface area (Å²) >= 11 is 0. The Morgan fingerprint density at radius 1 is 0.418 bits per heavy atom. The lowest BCUT2D eigenvalue weighted by atomic mass is 9.79. The number of ether oxygens (including phenoxy) is 6. The SMILES string of the molecule is CC(C)CN(CCNCC1CO1)C(=O)C(C1CCCC1)N1C(=O)c2cc(Oc3ccc(C(C)C)cc3)c3c4c(Oc5ccc(C(C)C)cc5)cc5c6c(cc(Oc7ccc(C(C)C)cc7)c(c7c(Oc8ccc(C(C)C)cc8)cc(c2c37)C1=O)c64)C(=O)N(C(C(=O)N(CCNC1CCO1)CC(C)C)C1CCCC1)C5=O. The van der Waals surface area contributed by atoms with Crippen molar-refractivity contribution in [3.8, 4) is 46.0 Å². The van der Waals surface area contributed by atoms with Gasteiger partial charge in [-0.1, -0.05) is 157 Å². The van der Waals surface area contributed by atoms with Gasteiger partial charge in [0.05, 0.1) is 41.6 Å². The predicted octanol–water partition coefficient (Wildman–Crippen LogP) is 19.0. The maximum absolute atomic E-state index is 16.9. The standard InChI is InChI=1S/C92H106N6O12/c1-51(2)48-95(40-38-93-47-67-50-106-67)91(103)85(61-17-13-14-18-61)97-87(99)68-43-72(107-63-29-21-57(22-30-63)53(5)6)79-81-74(109-65-33-25-59(26-34-65)55(9)10)45-70-78-71(90(102)98(89(70)101)86(62-19-15-16-20-62)92(104)96(49-52(3)4)41-39-94-76-37-42-105-76)46-75(110-66-35-27-60(28-36-66)56(11)12)82(84(78)81)80-73(44-69(88(97)100)77(68)83(79)80)108-64-31-23-58(24-32-64)54(7)8/h21-36,43-46,51-56,61-62,67,76,85-86,93-94H,13-20,37-42,47-50H2,1-12H3. The first-order valence-electron chi connectivity index (χ1n) is 40.5. The van der Waals surface area contributed by atoms with Gasteiger partial charge in [-0.2, -0.15) is 0 Å². The van der Waals surface area contributed by atoms with Gasteiger partial charge in [-0.3, -0.25) is 43.9 Å². The number of carbonyl (C=O) groups is 6. The second kappa shape index (κ2) is 31.7. The van der Waals surface area contributed by atoms with Gasteiger partial charge in [0.2, 0.25) is 11.8 Å². The van der Waals surface area contributed by atoms with Gasteiger partial charge in [0.15, 0.2) is 0 Å². The minimum atomic E-state index is -1.19. The summed E-state index contributed by atoms with van der Waals surface area (Å²) in [5.41, 5.74) is 4.74. The highest BCUT2D eigenvalue weighted by molar-refractivity contribution is 6.45. The zero-order valence-electron chi connectivity index (χ0n) is 65.9. The molecule has 110 heavy (non-hydrogen) atoms. The molecule has 2 saturated carbocycles. The summed E-state index contributed by atoms with van der Waals surface area (Å²) in [7, 11) is 0. The molecule has 18 nitrogen and oxygen atoms in total. The molecule has 6 aliphatic rings. The lowest BCUT2D eigenvalue weighted by Crippen LogP contribution is -2.58. The normalized spacial score (nSPS) is 17.9. The van der Waals surface area contributed by atoms with Gasteiger partial charge in [-0.05, 0) is 168 Å². The van der Waals surface area contributed by atoms with E-state index in [9.17, 15) is 0 Å². The third kappa shape index (κ3) is 14.9. The number of hydrogen-bond acceptors (Lipinski definition) is 14. The quantitative estimate of drug-likeness (QED) is 0.0137. The number of epoxide rings is 1. The first-order chi connectivity index (χ1) is 53.0. The fourth-order valence-corrected chi connectivity index (χ4v) is 17.4. The molecule has 576 valence electrons. The van der Waals surface area contributed by atoms with E-state index in [1.165, 1.54) is 9.80 Å². The molecule has 2 aliphatic carbocycles. The van der Waals surface area contributed by atoms with Crippen LogP contribution in [-0.4, -0.2) is 138 Å². The van der Waals surface area contributed by atoms with Crippen LogP contribution in [0.3, 0.4) is 0 Å². The van der Waals surface area contributed by atoms with Crippen molar-refractivity contribution < 1.29 is 57.2 Å². The van der Waals surface area contributed by atoms with E-state index in [0.717, 1.165) is 54.4 Å². The highest BCUT2D eigenvalue weighted by Gasteiger charge is 2.51. The Morgan fingerprint density at radius 3 is 0.982 bits per heavy atom. The van der Waals surface area contributed by atoms with E-state index in [-0.39, 0.29) is 128 Å². The van der Waals surface area contributed by atoms with Gasteiger partial charge in [0.1, 0.15) is 64.3 Å². The monoisotopic (exact) mass is 1490 g/mol. The summed E-state index contributed by atoms with van der Waals surface area (Å²) in [5.74, 6) is -0.721. The van der Waals surface area contributed by atoms with Crippen molar-refractivity contribution in [2.24, 2.45) is 23.7 Å². The van der Waals surface area contributed by atoms with Crippen LogP contribution in [0.1, 0.15) is 228 Å². The van der Waals surface area contributed by atoms with Crippen LogP contribution in [0.2, 0.25) is 0 Å². The fraction of sp³-hybridized carbons (Fsp3) is 0.457. The van der Waals surface area contributed by atoms with Crippen LogP contribution in [0.5, 0.6) is 46.0 Å². The summed E-state index contributed by atoms with van der Waals surface area (Å²) in [4.78, 5) is 106. The molecule has 0 aromatic heterocycles. The Morgan fingerprint density at radius 2 is 0.718 bits per heavy atom. The predicted molar refractivity (Wildman–Crippen MR) is 430 cm³/mol. The number of imide groups is 2. The molecule has 0 spiro atoms. The number of carbonyl (C=O) groups excluding carboxylic acids is 6. The summed E-state index contributed by atoms with van der Waals surface area (Å²) in [6.45, 7) is 29.6. The molecule has 4 fully saturated rings. The Bertz CT molecular complexity index is 4570. The van der Waals surface area contributed by atoms with Crippen molar-refractivity contribution >= 4 is 78.5 Å². The van der Waals surface area contributed by atoms with E-state index in [4.69, 9.17) is 28.4 Å². The molecular weight excluding hydrogens is 1380 g/mol. The number of amides is 6. The number of rotatable bonds is 31. The summed E-state index contributed by atoms with van der Waals surface area (Å²) in [5, 5.41) is 9.76. The molecule has 2 N–H and O–H groups in total. The molecule has 4 atom stereocenters. The number of fused-ring (bicyclic) bond motifs is 2. The van der Waals surface area contributed by atoms with Gasteiger partial charge in [0.25, 0.3) is 23.6 Å². The largest absolute Gasteiger partial charge is 0.457 e. The molecule has 6 amide bonds. The smallest absolute Gasteiger partial charge is 0.262 e. The van der Waals surface area contributed by atoms with Crippen molar-refractivity contribution in [1.82, 2.24) is 30.2 Å². The second-order valence-corrected chi connectivity index (χ2v) is 33.5. The van der Waals surface area contributed by atoms with E-state index in [0.29, 0.717) is 140 Å². The van der Waals surface area contributed by atoms with Gasteiger partial charge in [-0.25, -0.2) is 0 Å². The molecule has 2 saturated heterocycles. The lowest BCUT2D eigenvalue weighted by Gasteiger charge is -2.40. The highest BCUT2D eigenvalue weighted by Crippen LogP contribution is 2.59. The maximum Gasteiger partial charge on any atom is 0.262 e. The van der Waals surface area contributed by atoms with Crippen molar-refractivity contribution in [3.63, 3.8) is 0 Å². The molecule has 4 aliphatic heterocycles. The van der Waals surface area contributed by atoms with Crippen LogP contribution < -0.4 is 29.6 Å². The molecule has 18 heteroatoms. The van der Waals surface area contributed by atoms with Crippen LogP contribution in [0, 0.1) is 23.7 Å². The highest BCUT2D eigenvalue weighted by atomic mass is 16.6. The number of hydrogen-bond donors (Lipinski definition) is 2. The zero-order chi connectivity index (χ0) is 77.1. The van der Waals surface area contributed by atoms with Crippen LogP contribution in [0.15, 0.2) is 121 Å². The van der Waals surface area contributed by atoms with E-state index < -0.39 is 35.7 Å². The second-order valence-electron chi connectivity index (χ2n) is 33.5. The molecular formula is C92H106N6O12. The summed E-state index contributed by atoms with van der Waals surface area (Å²) in [6.07, 6.45) is 6.67. The van der Waals surface area contributed by atoms with Crippen molar-refractivity contribution in [2.45, 2.75) is 189 Å². The van der Waals surface area contributed by atoms with Crippen LogP contribution in [-0.2, 0) is 19.1 Å². The molecule has 15 rings (SSSR count). The fourth-order valence-electron chi connectivity index (χ4n) is 17.4. The van der Waals surface area contributed by atoms with Crippen LogP contribution in [0.4, 0.5) is 0 Å². The average molecular weight is 1490 g/mol. The zero-order valence-corrected chi connectivity index (χ0v) is 65.9. The van der Waals surface area contributed by atoms with Crippen molar-refractivity contribution in [1.29, 1.82) is 0 Å². The van der Waals surface area contributed by atoms with Crippen molar-refractivity contribution in [2.75, 3.05) is 59.0 Å². The third-order valence-electron chi connectivity index (χ3n) is 23.4. The van der Waals surface area contributed by atoms with E-state index in [2.05, 4.69) is 93.7 Å². The molecule has 9 aromatic carbocycles. The Balaban J connectivity index is 1.05. The summed E-state index contributed by atoms with van der Waals surface area (Å²) < 4.78 is 41.1. The number of nitrogens with zero attached hydrogens (tertiary/aromatic N) is 4. The lowest BCUT2D eigenvalue weighted by molar-refractivity contribution is -0.138. The minimum Gasteiger partial charge on any atom is -0.457 e. The number of nitrogens with one attached hydrogen (secondary N) is 2. The molecule has 9 aromatic rings. The van der Waals surface area contributed by atoms with E-state index in [1.807, 2.05) is 107 Å². The van der Waals surface area contributed by atoms with Crippen LogP contribution >= 0.6 is 0 Å². The molecule has 4 heterocycles. The molecule has 0 bridgehead atoms. The van der Waals surface area contributed by atoms with E-state index >= 15 is 28.8 Å². The van der Waals surface area contributed by atoms with Gasteiger partial charge in [-0.15, -0.1) is 0 Å². The summed E-state index contributed by atoms with van der Waals surface area (Å²) in [6, 6.07) is 35.8. The maximum atomic E-state index is 16.9. The van der Waals surface area contributed by atoms with E-state index in [1.54, 1.807) is 24.3 Å². The topological polar surface area (TPSA) is 198 Å². The first kappa shape index (κ1) is 75.9.